The summed E-state index contributed by atoms with van der Waals surface area (Å²) in [6.45, 7) is 5.35. The van der Waals surface area contributed by atoms with Gasteiger partial charge in [0.1, 0.15) is 0 Å². The van der Waals surface area contributed by atoms with Gasteiger partial charge in [0.05, 0.1) is 17.4 Å². The Morgan fingerprint density at radius 3 is 2.60 bits per heavy atom. The van der Waals surface area contributed by atoms with Crippen LogP contribution in [0.4, 0.5) is 5.69 Å². The number of hydrogen-bond donors (Lipinski definition) is 0. The van der Waals surface area contributed by atoms with E-state index in [-0.39, 0.29) is 11.8 Å². The highest BCUT2D eigenvalue weighted by molar-refractivity contribution is 5.98. The number of anilines is 1. The van der Waals surface area contributed by atoms with E-state index in [2.05, 4.69) is 31.0 Å². The third-order valence-corrected chi connectivity index (χ3v) is 4.74. The fraction of sp³-hybridized carbons (Fsp3) is 0.350. The number of carbonyl (C=O) groups is 2. The van der Waals surface area contributed by atoms with Crippen molar-refractivity contribution in [2.24, 2.45) is 0 Å². The van der Waals surface area contributed by atoms with E-state index in [0.29, 0.717) is 30.8 Å². The van der Waals surface area contributed by atoms with Crippen molar-refractivity contribution in [2.45, 2.75) is 33.2 Å². The number of amides is 2. The Balaban J connectivity index is 1.79. The average molecular weight is 337 g/mol. The monoisotopic (exact) mass is 337 g/mol. The molecule has 5 nitrogen and oxygen atoms in total. The van der Waals surface area contributed by atoms with E-state index in [1.807, 2.05) is 6.07 Å². The van der Waals surface area contributed by atoms with Crippen molar-refractivity contribution in [3.05, 3.63) is 58.9 Å². The minimum atomic E-state index is -0.0938. The predicted molar refractivity (Wildman–Crippen MR) is 97.5 cm³/mol. The first-order valence-electron chi connectivity index (χ1n) is 8.53. The van der Waals surface area contributed by atoms with Gasteiger partial charge in [-0.3, -0.25) is 14.6 Å². The summed E-state index contributed by atoms with van der Waals surface area (Å²) in [4.78, 5) is 32.3. The highest BCUT2D eigenvalue weighted by Gasteiger charge is 2.23. The van der Waals surface area contributed by atoms with Gasteiger partial charge in [-0.15, -0.1) is 0 Å². The van der Waals surface area contributed by atoms with Crippen LogP contribution in [0, 0.1) is 13.8 Å². The molecule has 1 aliphatic rings. The number of hydrogen-bond acceptors (Lipinski definition) is 3. The number of pyridine rings is 1. The molecule has 0 aliphatic carbocycles. The molecule has 0 unspecified atom stereocenters. The molecule has 0 atom stereocenters. The van der Waals surface area contributed by atoms with Gasteiger partial charge in [-0.05, 0) is 43.0 Å². The number of benzene rings is 1. The zero-order valence-electron chi connectivity index (χ0n) is 15.0. The van der Waals surface area contributed by atoms with Gasteiger partial charge in [0, 0.05) is 32.8 Å². The van der Waals surface area contributed by atoms with Gasteiger partial charge in [-0.1, -0.05) is 18.2 Å². The second-order valence-electron chi connectivity index (χ2n) is 6.61. The summed E-state index contributed by atoms with van der Waals surface area (Å²) >= 11 is 0. The Labute approximate surface area is 148 Å². The third kappa shape index (κ3) is 3.55. The molecule has 0 radical (unpaired) electrons. The summed E-state index contributed by atoms with van der Waals surface area (Å²) < 4.78 is 0. The van der Waals surface area contributed by atoms with Crippen LogP contribution in [0.3, 0.4) is 0 Å². The molecule has 5 heteroatoms. The molecule has 25 heavy (non-hydrogen) atoms. The van der Waals surface area contributed by atoms with Crippen LogP contribution in [-0.4, -0.2) is 35.3 Å². The SMILES string of the molecule is Cc1cccc(C)c1CN(C)C(=O)c1cncc(N2CCCC2=O)c1. The summed E-state index contributed by atoms with van der Waals surface area (Å²) in [6.07, 6.45) is 4.62. The molecular formula is C20H23N3O2. The van der Waals surface area contributed by atoms with Crippen LogP contribution >= 0.6 is 0 Å². The summed E-state index contributed by atoms with van der Waals surface area (Å²) in [6, 6.07) is 7.90. The highest BCUT2D eigenvalue weighted by atomic mass is 16.2. The van der Waals surface area contributed by atoms with Gasteiger partial charge < -0.3 is 9.80 Å². The molecule has 0 saturated carbocycles. The van der Waals surface area contributed by atoms with Crippen LogP contribution in [0.2, 0.25) is 0 Å². The zero-order valence-corrected chi connectivity index (χ0v) is 15.0. The summed E-state index contributed by atoms with van der Waals surface area (Å²) in [5.41, 5.74) is 4.72. The van der Waals surface area contributed by atoms with E-state index in [0.717, 1.165) is 12.0 Å². The number of carbonyl (C=O) groups excluding carboxylic acids is 2. The first-order chi connectivity index (χ1) is 12.0. The molecule has 2 heterocycles. The van der Waals surface area contributed by atoms with E-state index in [9.17, 15) is 9.59 Å². The fourth-order valence-electron chi connectivity index (χ4n) is 3.24. The van der Waals surface area contributed by atoms with Gasteiger partial charge in [-0.25, -0.2) is 0 Å². The van der Waals surface area contributed by atoms with Crippen LogP contribution < -0.4 is 4.90 Å². The lowest BCUT2D eigenvalue weighted by molar-refractivity contribution is -0.117. The van der Waals surface area contributed by atoms with Gasteiger partial charge >= 0.3 is 0 Å². The van der Waals surface area contributed by atoms with Crippen molar-refractivity contribution in [3.63, 3.8) is 0 Å². The Bertz CT molecular complexity index is 796. The number of nitrogens with zero attached hydrogens (tertiary/aromatic N) is 3. The Morgan fingerprint density at radius 1 is 1.24 bits per heavy atom. The zero-order chi connectivity index (χ0) is 18.0. The molecule has 0 bridgehead atoms. The Kier molecular flexibility index (Phi) is 4.83. The molecule has 1 aromatic heterocycles. The molecule has 2 amide bonds. The second kappa shape index (κ2) is 7.05. The largest absolute Gasteiger partial charge is 0.337 e. The van der Waals surface area contributed by atoms with Gasteiger partial charge in [0.25, 0.3) is 5.91 Å². The van der Waals surface area contributed by atoms with Gasteiger partial charge in [0.15, 0.2) is 0 Å². The standard InChI is InChI=1S/C20H23N3O2/c1-14-6-4-7-15(2)18(14)13-22(3)20(25)16-10-17(12-21-11-16)23-9-5-8-19(23)24/h4,6-7,10-12H,5,8-9,13H2,1-3H3. The summed E-state index contributed by atoms with van der Waals surface area (Å²) in [5.74, 6) is -0.000984. The lowest BCUT2D eigenvalue weighted by atomic mass is 10.0. The van der Waals surface area contributed by atoms with Gasteiger partial charge in [0.2, 0.25) is 5.91 Å². The molecule has 0 N–H and O–H groups in total. The van der Waals surface area contributed by atoms with E-state index in [1.165, 1.54) is 11.1 Å². The molecule has 1 aliphatic heterocycles. The number of aryl methyl sites for hydroxylation is 2. The van der Waals surface area contributed by atoms with Crippen molar-refractivity contribution in [3.8, 4) is 0 Å². The third-order valence-electron chi connectivity index (χ3n) is 4.74. The Hall–Kier alpha value is -2.69. The van der Waals surface area contributed by atoms with E-state index in [1.54, 1.807) is 35.3 Å². The first-order valence-corrected chi connectivity index (χ1v) is 8.53. The molecule has 1 saturated heterocycles. The molecule has 1 aromatic carbocycles. The van der Waals surface area contributed by atoms with E-state index in [4.69, 9.17) is 0 Å². The van der Waals surface area contributed by atoms with Gasteiger partial charge in [-0.2, -0.15) is 0 Å². The van der Waals surface area contributed by atoms with Crippen molar-refractivity contribution in [1.82, 2.24) is 9.88 Å². The average Bonchev–Trinajstić information content (AvgIpc) is 3.03. The van der Waals surface area contributed by atoms with Crippen molar-refractivity contribution in [2.75, 3.05) is 18.5 Å². The Morgan fingerprint density at radius 2 is 1.96 bits per heavy atom. The summed E-state index contributed by atoms with van der Waals surface area (Å²) in [5, 5.41) is 0. The van der Waals surface area contributed by atoms with Crippen molar-refractivity contribution in [1.29, 1.82) is 0 Å². The lowest BCUT2D eigenvalue weighted by Gasteiger charge is -2.21. The predicted octanol–water partition coefficient (Wildman–Crippen LogP) is 3.10. The lowest BCUT2D eigenvalue weighted by Crippen LogP contribution is -2.28. The minimum absolute atomic E-state index is 0.0929. The van der Waals surface area contributed by atoms with Crippen molar-refractivity contribution < 1.29 is 9.59 Å². The van der Waals surface area contributed by atoms with E-state index < -0.39 is 0 Å². The van der Waals surface area contributed by atoms with E-state index >= 15 is 0 Å². The maximum atomic E-state index is 12.8. The van der Waals surface area contributed by atoms with Crippen molar-refractivity contribution >= 4 is 17.5 Å². The smallest absolute Gasteiger partial charge is 0.255 e. The minimum Gasteiger partial charge on any atom is -0.337 e. The topological polar surface area (TPSA) is 53.5 Å². The van der Waals surface area contributed by atoms with Crippen LogP contribution in [0.1, 0.15) is 39.9 Å². The summed E-state index contributed by atoms with van der Waals surface area (Å²) in [7, 11) is 1.79. The van der Waals surface area contributed by atoms with Crippen LogP contribution in [0.5, 0.6) is 0 Å². The first kappa shape index (κ1) is 17.1. The van der Waals surface area contributed by atoms with Crippen LogP contribution in [0.15, 0.2) is 36.7 Å². The highest BCUT2D eigenvalue weighted by Crippen LogP contribution is 2.22. The maximum Gasteiger partial charge on any atom is 0.255 e. The molecular weight excluding hydrogens is 314 g/mol. The quantitative estimate of drug-likeness (QED) is 0.861. The maximum absolute atomic E-state index is 12.8. The number of aromatic nitrogens is 1. The molecule has 3 rings (SSSR count). The van der Waals surface area contributed by atoms with Crippen LogP contribution in [-0.2, 0) is 11.3 Å². The molecule has 130 valence electrons. The molecule has 0 spiro atoms. The van der Waals surface area contributed by atoms with Crippen LogP contribution in [0.25, 0.3) is 0 Å². The molecule has 2 aromatic rings. The molecule has 1 fully saturated rings. The second-order valence-corrected chi connectivity index (χ2v) is 6.61. The normalized spacial score (nSPS) is 14.0. The fourth-order valence-corrected chi connectivity index (χ4v) is 3.24. The number of rotatable bonds is 4.